The Labute approximate surface area is 215 Å². The van der Waals surface area contributed by atoms with E-state index in [-0.39, 0.29) is 28.4 Å². The third kappa shape index (κ3) is 5.40. The smallest absolute Gasteiger partial charge is 0.264 e. The SMILES string of the molecule is C[C@@H]1CN(c2cc(F)c(-c3ccc(C(N)=O)c(F)c3)cc2NC(=O)c2c[nH]c(=O)cc2C(F)F)CCN1C. The van der Waals surface area contributed by atoms with Crippen LogP contribution in [-0.4, -0.2) is 54.4 Å². The summed E-state index contributed by atoms with van der Waals surface area (Å²) in [5, 5.41) is 2.56. The van der Waals surface area contributed by atoms with Crippen molar-refractivity contribution in [3.05, 3.63) is 81.3 Å². The Bertz CT molecular complexity index is 1460. The standard InChI is InChI=1S/C26H25F4N5O3/c1-13-12-35(6-5-34(13)2)22-10-20(28)16(14-3-4-15(25(31)37)19(27)7-14)8-21(22)33-26(38)18-11-32-23(36)9-17(18)24(29)30/h3-4,7-11,13,24H,5-6,12H2,1-2H3,(H2,31,37)(H,32,36)(H,33,38)/t13-/m1/s1. The van der Waals surface area contributed by atoms with Crippen LogP contribution < -0.4 is 21.5 Å². The number of nitrogens with two attached hydrogens (primary N) is 1. The molecule has 2 aromatic carbocycles. The predicted molar refractivity (Wildman–Crippen MR) is 135 cm³/mol. The number of pyridine rings is 1. The van der Waals surface area contributed by atoms with Crippen molar-refractivity contribution < 1.29 is 27.2 Å². The molecule has 1 aliphatic rings. The number of primary amides is 1. The van der Waals surface area contributed by atoms with Gasteiger partial charge in [0.25, 0.3) is 18.2 Å². The fourth-order valence-corrected chi connectivity index (χ4v) is 4.35. The van der Waals surface area contributed by atoms with Crippen LogP contribution in [0.15, 0.2) is 47.4 Å². The fraction of sp³-hybridized carbons (Fsp3) is 0.269. The van der Waals surface area contributed by atoms with Gasteiger partial charge in [0.15, 0.2) is 0 Å². The van der Waals surface area contributed by atoms with Gasteiger partial charge in [0.2, 0.25) is 5.56 Å². The van der Waals surface area contributed by atoms with Crippen LogP contribution >= 0.6 is 0 Å². The van der Waals surface area contributed by atoms with E-state index in [1.165, 1.54) is 18.2 Å². The first-order valence-corrected chi connectivity index (χ1v) is 11.7. The summed E-state index contributed by atoms with van der Waals surface area (Å²) >= 11 is 0. The van der Waals surface area contributed by atoms with Crippen LogP contribution in [0.2, 0.25) is 0 Å². The highest BCUT2D eigenvalue weighted by molar-refractivity contribution is 6.07. The second-order valence-electron chi connectivity index (χ2n) is 9.10. The molecule has 2 heterocycles. The van der Waals surface area contributed by atoms with Crippen molar-refractivity contribution in [2.75, 3.05) is 36.9 Å². The Morgan fingerprint density at radius 1 is 1.08 bits per heavy atom. The van der Waals surface area contributed by atoms with Crippen LogP contribution in [0, 0.1) is 11.6 Å². The summed E-state index contributed by atoms with van der Waals surface area (Å²) in [6.45, 7) is 3.60. The lowest BCUT2D eigenvalue weighted by Crippen LogP contribution is -2.50. The molecule has 1 fully saturated rings. The highest BCUT2D eigenvalue weighted by Crippen LogP contribution is 2.36. The van der Waals surface area contributed by atoms with Gasteiger partial charge in [-0.15, -0.1) is 0 Å². The molecule has 3 aromatic rings. The molecule has 4 N–H and O–H groups in total. The summed E-state index contributed by atoms with van der Waals surface area (Å²) in [6.07, 6.45) is -2.20. The lowest BCUT2D eigenvalue weighted by atomic mass is 10.00. The van der Waals surface area contributed by atoms with Gasteiger partial charge in [0.1, 0.15) is 11.6 Å². The monoisotopic (exact) mass is 531 g/mol. The van der Waals surface area contributed by atoms with Crippen LogP contribution in [0.25, 0.3) is 11.1 Å². The quantitative estimate of drug-likeness (QED) is 0.420. The van der Waals surface area contributed by atoms with Crippen molar-refractivity contribution >= 4 is 23.2 Å². The number of alkyl halides is 2. The number of nitrogens with zero attached hydrogens (tertiary/aromatic N) is 2. The first-order valence-electron chi connectivity index (χ1n) is 11.7. The van der Waals surface area contributed by atoms with E-state index in [9.17, 15) is 27.6 Å². The summed E-state index contributed by atoms with van der Waals surface area (Å²) in [5.74, 6) is -3.62. The Balaban J connectivity index is 1.81. The van der Waals surface area contributed by atoms with Crippen LogP contribution in [0.3, 0.4) is 0 Å². The molecule has 200 valence electrons. The highest BCUT2D eigenvalue weighted by Gasteiger charge is 2.26. The van der Waals surface area contributed by atoms with Crippen molar-refractivity contribution in [2.45, 2.75) is 19.4 Å². The van der Waals surface area contributed by atoms with Gasteiger partial charge in [-0.3, -0.25) is 14.4 Å². The third-order valence-electron chi connectivity index (χ3n) is 6.62. The molecule has 12 heteroatoms. The highest BCUT2D eigenvalue weighted by atomic mass is 19.3. The van der Waals surface area contributed by atoms with Crippen LogP contribution in [0.5, 0.6) is 0 Å². The first-order chi connectivity index (χ1) is 18.0. The summed E-state index contributed by atoms with van der Waals surface area (Å²) in [5.41, 5.74) is 3.12. The molecule has 0 saturated carbocycles. The Morgan fingerprint density at radius 2 is 1.82 bits per heavy atom. The van der Waals surface area contributed by atoms with Crippen molar-refractivity contribution in [2.24, 2.45) is 5.73 Å². The zero-order valence-corrected chi connectivity index (χ0v) is 20.5. The lowest BCUT2D eigenvalue weighted by molar-refractivity contribution is 0.0992. The van der Waals surface area contributed by atoms with Gasteiger partial charge in [-0.05, 0) is 43.8 Å². The molecule has 1 aromatic heterocycles. The van der Waals surface area contributed by atoms with Crippen molar-refractivity contribution in [3.8, 4) is 11.1 Å². The summed E-state index contributed by atoms with van der Waals surface area (Å²) in [4.78, 5) is 42.2. The number of likely N-dealkylation sites (N-methyl/N-ethyl adjacent to an activating group) is 1. The number of aromatic nitrogens is 1. The number of hydrogen-bond acceptors (Lipinski definition) is 5. The molecular weight excluding hydrogens is 506 g/mol. The van der Waals surface area contributed by atoms with E-state index in [1.807, 2.05) is 18.9 Å². The molecule has 0 aliphatic carbocycles. The number of carbonyl (C=O) groups is 2. The maximum Gasteiger partial charge on any atom is 0.264 e. The number of rotatable bonds is 6. The van der Waals surface area contributed by atoms with Gasteiger partial charge in [-0.25, -0.2) is 17.6 Å². The van der Waals surface area contributed by atoms with Gasteiger partial charge in [0.05, 0.1) is 22.5 Å². The zero-order valence-electron chi connectivity index (χ0n) is 20.5. The molecule has 0 unspecified atom stereocenters. The number of hydrogen-bond donors (Lipinski definition) is 3. The number of benzene rings is 2. The third-order valence-corrected chi connectivity index (χ3v) is 6.62. The molecule has 38 heavy (non-hydrogen) atoms. The number of aromatic amines is 1. The van der Waals surface area contributed by atoms with E-state index < -0.39 is 46.6 Å². The Hall–Kier alpha value is -4.19. The maximum atomic E-state index is 15.4. The maximum absolute atomic E-state index is 15.4. The molecule has 0 spiro atoms. The number of nitrogens with one attached hydrogen (secondary N) is 2. The lowest BCUT2D eigenvalue weighted by Gasteiger charge is -2.39. The minimum Gasteiger partial charge on any atom is -0.367 e. The van der Waals surface area contributed by atoms with E-state index in [2.05, 4.69) is 15.2 Å². The van der Waals surface area contributed by atoms with E-state index >= 15 is 4.39 Å². The van der Waals surface area contributed by atoms with Crippen molar-refractivity contribution in [1.82, 2.24) is 9.88 Å². The molecule has 1 atom stereocenters. The van der Waals surface area contributed by atoms with Gasteiger partial charge in [0, 0.05) is 49.1 Å². The Morgan fingerprint density at radius 3 is 2.45 bits per heavy atom. The number of H-pyrrole nitrogens is 1. The predicted octanol–water partition coefficient (Wildman–Crippen LogP) is 3.75. The second kappa shape index (κ2) is 10.7. The van der Waals surface area contributed by atoms with Crippen LogP contribution in [0.4, 0.5) is 28.9 Å². The van der Waals surface area contributed by atoms with Gasteiger partial charge in [-0.2, -0.15) is 0 Å². The molecular formula is C26H25F4N5O3. The summed E-state index contributed by atoms with van der Waals surface area (Å²) in [6, 6.07) is 6.56. The summed E-state index contributed by atoms with van der Waals surface area (Å²) < 4.78 is 57.0. The van der Waals surface area contributed by atoms with Gasteiger partial charge < -0.3 is 25.8 Å². The van der Waals surface area contributed by atoms with E-state index in [4.69, 9.17) is 5.73 Å². The van der Waals surface area contributed by atoms with Crippen molar-refractivity contribution in [1.29, 1.82) is 0 Å². The van der Waals surface area contributed by atoms with E-state index in [0.29, 0.717) is 31.4 Å². The average molecular weight is 532 g/mol. The van der Waals surface area contributed by atoms with E-state index in [0.717, 1.165) is 18.3 Å². The van der Waals surface area contributed by atoms with Gasteiger partial charge >= 0.3 is 0 Å². The average Bonchev–Trinajstić information content (AvgIpc) is 2.86. The number of carbonyl (C=O) groups excluding carboxylic acids is 2. The second-order valence-corrected chi connectivity index (χ2v) is 9.10. The zero-order chi connectivity index (χ0) is 27.7. The normalized spacial score (nSPS) is 16.1. The Kier molecular flexibility index (Phi) is 7.53. The van der Waals surface area contributed by atoms with E-state index in [1.54, 1.807) is 0 Å². The minimum atomic E-state index is -3.09. The van der Waals surface area contributed by atoms with Gasteiger partial charge in [-0.1, -0.05) is 6.07 Å². The minimum absolute atomic E-state index is 0.0658. The molecule has 4 rings (SSSR count). The number of piperazine rings is 1. The molecule has 0 bridgehead atoms. The molecule has 0 radical (unpaired) electrons. The van der Waals surface area contributed by atoms with Crippen LogP contribution in [0.1, 0.15) is 39.6 Å². The molecule has 1 aliphatic heterocycles. The number of halogens is 4. The fourth-order valence-electron chi connectivity index (χ4n) is 4.35. The largest absolute Gasteiger partial charge is 0.367 e. The number of anilines is 2. The first kappa shape index (κ1) is 26.9. The van der Waals surface area contributed by atoms with Crippen molar-refractivity contribution in [3.63, 3.8) is 0 Å². The van der Waals surface area contributed by atoms with Crippen LogP contribution in [-0.2, 0) is 0 Å². The summed E-state index contributed by atoms with van der Waals surface area (Å²) in [7, 11) is 1.95. The topological polar surface area (TPSA) is 112 Å². The molecule has 2 amide bonds. The molecule has 1 saturated heterocycles. The number of amides is 2. The molecule has 8 nitrogen and oxygen atoms in total.